The third-order valence-electron chi connectivity index (χ3n) is 1.78. The molecule has 4 nitrogen and oxygen atoms in total. The Morgan fingerprint density at radius 1 is 1.64 bits per heavy atom. The van der Waals surface area contributed by atoms with Crippen LogP contribution in [-0.2, 0) is 6.54 Å². The van der Waals surface area contributed by atoms with Crippen LogP contribution in [0.25, 0.3) is 0 Å². The van der Waals surface area contributed by atoms with Gasteiger partial charge in [0, 0.05) is 6.54 Å². The number of alkyl halides is 2. The summed E-state index contributed by atoms with van der Waals surface area (Å²) < 4.78 is 29.4. The zero-order valence-corrected chi connectivity index (χ0v) is 7.51. The van der Waals surface area contributed by atoms with E-state index in [9.17, 15) is 13.6 Å². The summed E-state index contributed by atoms with van der Waals surface area (Å²) in [7, 11) is 1.28. The van der Waals surface area contributed by atoms with Gasteiger partial charge in [-0.15, -0.1) is 0 Å². The second-order valence-electron chi connectivity index (χ2n) is 2.61. The summed E-state index contributed by atoms with van der Waals surface area (Å²) in [5, 5.41) is 0. The minimum absolute atomic E-state index is 0.0187. The van der Waals surface area contributed by atoms with Crippen LogP contribution in [0.3, 0.4) is 0 Å². The first-order valence-corrected chi connectivity index (χ1v) is 3.88. The number of aromatic nitrogens is 1. The summed E-state index contributed by atoms with van der Waals surface area (Å²) in [4.78, 5) is 13.1. The Morgan fingerprint density at radius 3 is 2.71 bits per heavy atom. The third-order valence-corrected chi connectivity index (χ3v) is 1.78. The van der Waals surface area contributed by atoms with Crippen molar-refractivity contribution in [3.8, 4) is 5.75 Å². The summed E-state index contributed by atoms with van der Waals surface area (Å²) in [6, 6.07) is 1.22. The number of nitrogens with one attached hydrogen (secondary N) is 1. The molecule has 0 fully saturated rings. The van der Waals surface area contributed by atoms with E-state index in [2.05, 4.69) is 4.74 Å². The van der Waals surface area contributed by atoms with Gasteiger partial charge in [0.15, 0.2) is 5.75 Å². The first-order chi connectivity index (χ1) is 6.60. The van der Waals surface area contributed by atoms with Gasteiger partial charge in [-0.25, -0.2) is 8.78 Å². The van der Waals surface area contributed by atoms with E-state index in [1.54, 1.807) is 0 Å². The number of pyridine rings is 1. The summed E-state index contributed by atoms with van der Waals surface area (Å²) in [6.07, 6.45) is -2.74. The molecule has 0 aliphatic heterocycles. The van der Waals surface area contributed by atoms with Crippen molar-refractivity contribution in [1.29, 1.82) is 0 Å². The van der Waals surface area contributed by atoms with E-state index < -0.39 is 17.7 Å². The highest BCUT2D eigenvalue weighted by atomic mass is 19.3. The molecule has 0 atom stereocenters. The number of hydrogen-bond donors (Lipinski definition) is 2. The lowest BCUT2D eigenvalue weighted by Gasteiger charge is -2.08. The number of hydrogen-bond acceptors (Lipinski definition) is 3. The fraction of sp³-hybridized carbons (Fsp3) is 0.375. The van der Waals surface area contributed by atoms with Crippen molar-refractivity contribution < 1.29 is 13.5 Å². The van der Waals surface area contributed by atoms with E-state index in [1.165, 1.54) is 13.2 Å². The zero-order chi connectivity index (χ0) is 10.7. The first-order valence-electron chi connectivity index (χ1n) is 3.88. The number of nitrogens with two attached hydrogens (primary N) is 1. The van der Waals surface area contributed by atoms with Gasteiger partial charge in [-0.05, 0) is 11.6 Å². The SMILES string of the molecule is COc1cc(CN)c(C(F)F)[nH]c1=O. The van der Waals surface area contributed by atoms with Crippen LogP contribution in [0.1, 0.15) is 17.7 Å². The van der Waals surface area contributed by atoms with Gasteiger partial charge in [0.25, 0.3) is 12.0 Å². The molecule has 1 heterocycles. The molecule has 0 saturated carbocycles. The summed E-state index contributed by atoms with van der Waals surface area (Å²) in [5.74, 6) is -0.0187. The highest BCUT2D eigenvalue weighted by molar-refractivity contribution is 5.30. The van der Waals surface area contributed by atoms with Crippen LogP contribution in [-0.4, -0.2) is 12.1 Å². The molecule has 1 rings (SSSR count). The second-order valence-corrected chi connectivity index (χ2v) is 2.61. The third kappa shape index (κ3) is 1.90. The van der Waals surface area contributed by atoms with Crippen LogP contribution in [0, 0.1) is 0 Å². The standard InChI is InChI=1S/C8H10F2N2O2/c1-14-5-2-4(3-11)6(7(9)10)12-8(5)13/h2,7H,3,11H2,1H3,(H,12,13). The monoisotopic (exact) mass is 204 g/mol. The summed E-state index contributed by atoms with van der Waals surface area (Å²) >= 11 is 0. The molecule has 0 radical (unpaired) electrons. The first kappa shape index (κ1) is 10.6. The molecular weight excluding hydrogens is 194 g/mol. The average molecular weight is 204 g/mol. The molecule has 3 N–H and O–H groups in total. The van der Waals surface area contributed by atoms with Gasteiger partial charge in [-0.2, -0.15) is 0 Å². The van der Waals surface area contributed by atoms with Gasteiger partial charge in [0.2, 0.25) is 0 Å². The molecule has 0 aromatic carbocycles. The second kappa shape index (κ2) is 4.19. The fourth-order valence-corrected chi connectivity index (χ4v) is 1.08. The minimum Gasteiger partial charge on any atom is -0.491 e. The molecule has 6 heteroatoms. The van der Waals surface area contributed by atoms with E-state index in [4.69, 9.17) is 5.73 Å². The molecule has 0 aliphatic rings. The maximum atomic E-state index is 12.4. The molecule has 0 amide bonds. The molecule has 14 heavy (non-hydrogen) atoms. The molecule has 0 saturated heterocycles. The Bertz CT molecular complexity index is 376. The number of halogens is 2. The Morgan fingerprint density at radius 2 is 2.29 bits per heavy atom. The summed E-state index contributed by atoms with van der Waals surface area (Å²) in [5.41, 5.74) is 4.30. The quantitative estimate of drug-likeness (QED) is 0.764. The van der Waals surface area contributed by atoms with Crippen LogP contribution in [0.2, 0.25) is 0 Å². The highest BCUT2D eigenvalue weighted by Crippen LogP contribution is 2.21. The maximum absolute atomic E-state index is 12.4. The van der Waals surface area contributed by atoms with E-state index in [-0.39, 0.29) is 17.9 Å². The van der Waals surface area contributed by atoms with Gasteiger partial charge >= 0.3 is 0 Å². The smallest absolute Gasteiger partial charge is 0.290 e. The van der Waals surface area contributed by atoms with Crippen molar-refractivity contribution in [3.05, 3.63) is 27.7 Å². The number of ether oxygens (including phenoxy) is 1. The van der Waals surface area contributed by atoms with Gasteiger partial charge in [-0.3, -0.25) is 4.79 Å². The molecule has 0 aliphatic carbocycles. The van der Waals surface area contributed by atoms with Crippen LogP contribution >= 0.6 is 0 Å². The van der Waals surface area contributed by atoms with Gasteiger partial charge in [0.05, 0.1) is 12.8 Å². The van der Waals surface area contributed by atoms with Crippen LogP contribution < -0.4 is 16.0 Å². The van der Waals surface area contributed by atoms with Crippen molar-refractivity contribution in [1.82, 2.24) is 4.98 Å². The van der Waals surface area contributed by atoms with Crippen LogP contribution in [0.15, 0.2) is 10.9 Å². The maximum Gasteiger partial charge on any atom is 0.290 e. The van der Waals surface area contributed by atoms with Gasteiger partial charge in [-0.1, -0.05) is 0 Å². The Hall–Kier alpha value is -1.43. The van der Waals surface area contributed by atoms with Crippen molar-refractivity contribution in [2.75, 3.05) is 7.11 Å². The lowest BCUT2D eigenvalue weighted by molar-refractivity contribution is 0.144. The molecule has 0 bridgehead atoms. The predicted octanol–water partition coefficient (Wildman–Crippen LogP) is 0.780. The van der Waals surface area contributed by atoms with Gasteiger partial charge < -0.3 is 15.5 Å². The molecule has 78 valence electrons. The largest absolute Gasteiger partial charge is 0.491 e. The Kier molecular flexibility index (Phi) is 3.19. The van der Waals surface area contributed by atoms with Crippen molar-refractivity contribution in [2.45, 2.75) is 13.0 Å². The van der Waals surface area contributed by atoms with E-state index in [1.807, 2.05) is 4.98 Å². The number of methoxy groups -OCH3 is 1. The van der Waals surface area contributed by atoms with E-state index in [0.717, 1.165) is 0 Å². The van der Waals surface area contributed by atoms with Gasteiger partial charge in [0.1, 0.15) is 0 Å². The molecule has 1 aromatic rings. The van der Waals surface area contributed by atoms with Crippen molar-refractivity contribution in [2.24, 2.45) is 5.73 Å². The molecule has 0 spiro atoms. The number of aromatic amines is 1. The Labute approximate surface area is 78.7 Å². The fourth-order valence-electron chi connectivity index (χ4n) is 1.08. The normalized spacial score (nSPS) is 10.6. The molecule has 1 aromatic heterocycles. The minimum atomic E-state index is -2.74. The molecule has 0 unspecified atom stereocenters. The zero-order valence-electron chi connectivity index (χ0n) is 7.51. The van der Waals surface area contributed by atoms with Crippen molar-refractivity contribution >= 4 is 0 Å². The lowest BCUT2D eigenvalue weighted by atomic mass is 10.2. The highest BCUT2D eigenvalue weighted by Gasteiger charge is 2.15. The summed E-state index contributed by atoms with van der Waals surface area (Å²) in [6.45, 7) is -0.0766. The average Bonchev–Trinajstić information content (AvgIpc) is 2.17. The lowest BCUT2D eigenvalue weighted by Crippen LogP contribution is -2.16. The topological polar surface area (TPSA) is 68.1 Å². The van der Waals surface area contributed by atoms with E-state index >= 15 is 0 Å². The van der Waals surface area contributed by atoms with Crippen LogP contribution in [0.4, 0.5) is 8.78 Å². The van der Waals surface area contributed by atoms with Crippen LogP contribution in [0.5, 0.6) is 5.75 Å². The number of H-pyrrole nitrogens is 1. The molecular formula is C8H10F2N2O2. The predicted molar refractivity (Wildman–Crippen MR) is 46.5 cm³/mol. The van der Waals surface area contributed by atoms with Crippen molar-refractivity contribution in [3.63, 3.8) is 0 Å². The number of rotatable bonds is 3. The van der Waals surface area contributed by atoms with E-state index in [0.29, 0.717) is 0 Å². The Balaban J connectivity index is 3.32.